The Hall–Kier alpha value is -3.22. The van der Waals surface area contributed by atoms with Crippen molar-refractivity contribution in [3.05, 3.63) is 54.8 Å². The summed E-state index contributed by atoms with van der Waals surface area (Å²) < 4.78 is 5.19. The minimum absolute atomic E-state index is 0.0893. The number of nitrogens with zero attached hydrogens (tertiary/aromatic N) is 3. The summed E-state index contributed by atoms with van der Waals surface area (Å²) in [6.07, 6.45) is 5.91. The first-order valence-corrected chi connectivity index (χ1v) is 6.12. The zero-order valence-electron chi connectivity index (χ0n) is 10.9. The second kappa shape index (κ2) is 5.41. The van der Waals surface area contributed by atoms with E-state index in [4.69, 9.17) is 10.2 Å². The molecule has 0 atom stereocenters. The zero-order chi connectivity index (χ0) is 14.7. The molecular weight excluding hydrogens is 270 g/mol. The number of carbonyl (C=O) groups excluding carboxylic acids is 1. The molecule has 0 unspecified atom stereocenters. The molecule has 2 aromatic heterocycles. The molecule has 0 aliphatic heterocycles. The lowest BCUT2D eigenvalue weighted by molar-refractivity contribution is 0.102. The van der Waals surface area contributed by atoms with Crippen LogP contribution in [0, 0.1) is 0 Å². The van der Waals surface area contributed by atoms with Crippen LogP contribution in [0.1, 0.15) is 10.5 Å². The van der Waals surface area contributed by atoms with Gasteiger partial charge in [-0.1, -0.05) is 0 Å². The Kier molecular flexibility index (Phi) is 3.30. The van der Waals surface area contributed by atoms with Crippen molar-refractivity contribution < 1.29 is 9.21 Å². The second-order valence-corrected chi connectivity index (χ2v) is 4.16. The molecule has 1 aromatic carbocycles. The Balaban J connectivity index is 1.77. The van der Waals surface area contributed by atoms with Gasteiger partial charge in [-0.15, -0.1) is 0 Å². The molecule has 2 heterocycles. The summed E-state index contributed by atoms with van der Waals surface area (Å²) in [7, 11) is 0. The second-order valence-electron chi connectivity index (χ2n) is 4.16. The van der Waals surface area contributed by atoms with Gasteiger partial charge >= 0.3 is 0 Å². The number of nitrogens with one attached hydrogen (secondary N) is 1. The Morgan fingerprint density at radius 2 is 1.81 bits per heavy atom. The molecule has 21 heavy (non-hydrogen) atoms. The van der Waals surface area contributed by atoms with Crippen molar-refractivity contribution in [3.63, 3.8) is 0 Å². The van der Waals surface area contributed by atoms with Crippen LogP contribution in [0.15, 0.2) is 53.5 Å². The van der Waals surface area contributed by atoms with Gasteiger partial charge in [0.25, 0.3) is 5.91 Å². The van der Waals surface area contributed by atoms with Crippen molar-refractivity contribution in [2.75, 3.05) is 11.1 Å². The molecular formula is C14H11N5O2. The number of nitrogens with two attached hydrogens (primary N) is 1. The maximum atomic E-state index is 12.0. The predicted octanol–water partition coefficient (Wildman–Crippen LogP) is 1.97. The summed E-state index contributed by atoms with van der Waals surface area (Å²) >= 11 is 0. The first-order valence-electron chi connectivity index (χ1n) is 6.12. The van der Waals surface area contributed by atoms with Crippen LogP contribution in [0.5, 0.6) is 0 Å². The quantitative estimate of drug-likeness (QED) is 0.760. The van der Waals surface area contributed by atoms with Gasteiger partial charge in [0.2, 0.25) is 5.89 Å². The van der Waals surface area contributed by atoms with Crippen LogP contribution >= 0.6 is 0 Å². The van der Waals surface area contributed by atoms with Crippen LogP contribution < -0.4 is 11.1 Å². The molecule has 104 valence electrons. The smallest absolute Gasteiger partial charge is 0.278 e. The highest BCUT2D eigenvalue weighted by atomic mass is 16.3. The average molecular weight is 281 g/mol. The number of rotatable bonds is 3. The summed E-state index contributed by atoms with van der Waals surface area (Å²) in [6.45, 7) is 0. The van der Waals surface area contributed by atoms with Crippen LogP contribution in [0.4, 0.5) is 11.5 Å². The number of aromatic nitrogens is 3. The number of amides is 1. The molecule has 3 aromatic rings. The largest absolute Gasteiger partial charge is 0.445 e. The van der Waals surface area contributed by atoms with Crippen LogP contribution in [-0.2, 0) is 0 Å². The number of carbonyl (C=O) groups is 1. The molecule has 0 fully saturated rings. The van der Waals surface area contributed by atoms with Gasteiger partial charge in [0.1, 0.15) is 6.26 Å². The van der Waals surface area contributed by atoms with E-state index in [9.17, 15) is 4.79 Å². The summed E-state index contributed by atoms with van der Waals surface area (Å²) in [5, 5.41) is 2.70. The van der Waals surface area contributed by atoms with E-state index in [1.165, 1.54) is 18.7 Å². The third-order valence-corrected chi connectivity index (χ3v) is 2.76. The fraction of sp³-hybridized carbons (Fsp3) is 0. The lowest BCUT2D eigenvalue weighted by Gasteiger charge is -2.06. The molecule has 1 amide bonds. The lowest BCUT2D eigenvalue weighted by atomic mass is 10.2. The van der Waals surface area contributed by atoms with Gasteiger partial charge in [-0.3, -0.25) is 4.79 Å². The molecule has 7 heteroatoms. The summed E-state index contributed by atoms with van der Waals surface area (Å²) in [5.41, 5.74) is 7.13. The van der Waals surface area contributed by atoms with E-state index in [1.807, 2.05) is 0 Å². The molecule has 0 aliphatic rings. The van der Waals surface area contributed by atoms with E-state index < -0.39 is 5.91 Å². The summed E-state index contributed by atoms with van der Waals surface area (Å²) in [4.78, 5) is 23.8. The van der Waals surface area contributed by atoms with Crippen LogP contribution in [0.3, 0.4) is 0 Å². The van der Waals surface area contributed by atoms with Gasteiger partial charge in [0.15, 0.2) is 11.5 Å². The third kappa shape index (κ3) is 2.71. The van der Waals surface area contributed by atoms with Crippen molar-refractivity contribution in [2.45, 2.75) is 0 Å². The first-order chi connectivity index (χ1) is 10.2. The molecule has 0 radical (unpaired) electrons. The first kappa shape index (κ1) is 12.8. The van der Waals surface area contributed by atoms with E-state index in [2.05, 4.69) is 20.3 Å². The number of hydrogen-bond donors (Lipinski definition) is 2. The topological polar surface area (TPSA) is 107 Å². The Morgan fingerprint density at radius 1 is 1.05 bits per heavy atom. The van der Waals surface area contributed by atoms with E-state index in [1.54, 1.807) is 30.5 Å². The maximum absolute atomic E-state index is 12.0. The average Bonchev–Trinajstić information content (AvgIpc) is 3.02. The number of benzene rings is 1. The molecule has 0 spiro atoms. The minimum Gasteiger partial charge on any atom is -0.445 e. The minimum atomic E-state index is -0.413. The van der Waals surface area contributed by atoms with Gasteiger partial charge in [0.05, 0.1) is 6.20 Å². The van der Waals surface area contributed by atoms with E-state index in [0.29, 0.717) is 11.6 Å². The van der Waals surface area contributed by atoms with E-state index in [0.717, 1.165) is 5.56 Å². The highest BCUT2D eigenvalue weighted by molar-refractivity contribution is 6.05. The third-order valence-electron chi connectivity index (χ3n) is 2.76. The van der Waals surface area contributed by atoms with Crippen LogP contribution in [-0.4, -0.2) is 20.9 Å². The van der Waals surface area contributed by atoms with E-state index >= 15 is 0 Å². The van der Waals surface area contributed by atoms with E-state index in [-0.39, 0.29) is 11.5 Å². The molecule has 0 bridgehead atoms. The number of hydrogen-bond acceptors (Lipinski definition) is 6. The van der Waals surface area contributed by atoms with Gasteiger partial charge < -0.3 is 15.5 Å². The zero-order valence-corrected chi connectivity index (χ0v) is 10.9. The monoisotopic (exact) mass is 281 g/mol. The van der Waals surface area contributed by atoms with Gasteiger partial charge in [-0.05, 0) is 24.3 Å². The Bertz CT molecular complexity index is 753. The molecule has 0 aliphatic carbocycles. The maximum Gasteiger partial charge on any atom is 0.278 e. The van der Waals surface area contributed by atoms with Crippen molar-refractivity contribution in [1.82, 2.24) is 15.0 Å². The number of oxazole rings is 1. The normalized spacial score (nSPS) is 10.3. The highest BCUT2D eigenvalue weighted by Crippen LogP contribution is 2.20. The molecule has 3 rings (SSSR count). The SMILES string of the molecule is Nc1nccnc1C(=O)Nc1ccc(-c2ncco2)cc1. The summed E-state index contributed by atoms with van der Waals surface area (Å²) in [5.74, 6) is 0.196. The Labute approximate surface area is 119 Å². The van der Waals surface area contributed by atoms with Crippen molar-refractivity contribution in [1.29, 1.82) is 0 Å². The van der Waals surface area contributed by atoms with Crippen LogP contribution in [0.25, 0.3) is 11.5 Å². The van der Waals surface area contributed by atoms with Crippen molar-refractivity contribution in [2.24, 2.45) is 0 Å². The van der Waals surface area contributed by atoms with Crippen LogP contribution in [0.2, 0.25) is 0 Å². The summed E-state index contributed by atoms with van der Waals surface area (Å²) in [6, 6.07) is 7.07. The van der Waals surface area contributed by atoms with Gasteiger partial charge in [0, 0.05) is 23.6 Å². The Morgan fingerprint density at radius 3 is 2.48 bits per heavy atom. The lowest BCUT2D eigenvalue weighted by Crippen LogP contribution is -2.16. The fourth-order valence-corrected chi connectivity index (χ4v) is 1.78. The standard InChI is InChI=1S/C14H11N5O2/c15-12-11(16-5-6-17-12)13(20)19-10-3-1-9(2-4-10)14-18-7-8-21-14/h1-8H,(H2,15,17)(H,19,20). The van der Waals surface area contributed by atoms with Crippen molar-refractivity contribution in [3.8, 4) is 11.5 Å². The molecule has 7 nitrogen and oxygen atoms in total. The number of anilines is 2. The van der Waals surface area contributed by atoms with Crippen molar-refractivity contribution >= 4 is 17.4 Å². The molecule has 0 saturated heterocycles. The number of nitrogen functional groups attached to an aromatic ring is 1. The molecule has 3 N–H and O–H groups in total. The van der Waals surface area contributed by atoms with Gasteiger partial charge in [-0.2, -0.15) is 0 Å². The predicted molar refractivity (Wildman–Crippen MR) is 76.3 cm³/mol. The fourth-order valence-electron chi connectivity index (χ4n) is 1.78. The van der Waals surface area contributed by atoms with Gasteiger partial charge in [-0.25, -0.2) is 15.0 Å². The molecule has 0 saturated carbocycles. The highest BCUT2D eigenvalue weighted by Gasteiger charge is 2.12.